The van der Waals surface area contributed by atoms with Gasteiger partial charge in [0, 0.05) is 0 Å². The van der Waals surface area contributed by atoms with E-state index < -0.39 is 12.2 Å². The van der Waals surface area contributed by atoms with Gasteiger partial charge < -0.3 is 14.9 Å². The van der Waals surface area contributed by atoms with Gasteiger partial charge in [-0.1, -0.05) is 11.8 Å². The predicted molar refractivity (Wildman–Crippen MR) is 41.6 cm³/mol. The Morgan fingerprint density at radius 1 is 1.55 bits per heavy atom. The summed E-state index contributed by atoms with van der Waals surface area (Å²) >= 11 is 1.45. The van der Waals surface area contributed by atoms with Crippen LogP contribution < -0.4 is 0 Å². The molecule has 4 unspecified atom stereocenters. The third kappa shape index (κ3) is 1.18. The largest absolute Gasteiger partial charge is 0.388 e. The second-order valence-corrected chi connectivity index (χ2v) is 3.59. The Morgan fingerprint density at radius 2 is 2.36 bits per heavy atom. The summed E-state index contributed by atoms with van der Waals surface area (Å²) in [5.41, 5.74) is 1.57. The van der Waals surface area contributed by atoms with Crippen LogP contribution >= 0.6 is 11.8 Å². The lowest BCUT2D eigenvalue weighted by molar-refractivity contribution is -0.105. The number of aliphatic hydroxyl groups is 2. The summed E-state index contributed by atoms with van der Waals surface area (Å²) < 4.78 is 5.21. The molecule has 4 nitrogen and oxygen atoms in total. The van der Waals surface area contributed by atoms with E-state index in [4.69, 9.17) is 9.84 Å². The Hall–Kier alpha value is -0.100. The molecule has 0 bridgehead atoms. The SMILES string of the molecule is OC1COC2SC=NC2C1O. The van der Waals surface area contributed by atoms with Crippen molar-refractivity contribution in [3.63, 3.8) is 0 Å². The molecule has 0 radical (unpaired) electrons. The molecule has 0 aromatic heterocycles. The van der Waals surface area contributed by atoms with Gasteiger partial charge >= 0.3 is 0 Å². The van der Waals surface area contributed by atoms with Crippen LogP contribution in [0.2, 0.25) is 0 Å². The molecular weight excluding hydrogens is 166 g/mol. The number of aliphatic imine (C=N–C) groups is 1. The first-order chi connectivity index (χ1) is 5.29. The topological polar surface area (TPSA) is 62.0 Å². The summed E-state index contributed by atoms with van der Waals surface area (Å²) in [6.45, 7) is 0.207. The summed E-state index contributed by atoms with van der Waals surface area (Å²) in [6, 6.07) is -0.274. The van der Waals surface area contributed by atoms with E-state index in [-0.39, 0.29) is 18.1 Å². The summed E-state index contributed by atoms with van der Waals surface area (Å²) in [6.07, 6.45) is -1.55. The minimum absolute atomic E-state index is 0.0894. The highest BCUT2D eigenvalue weighted by Crippen LogP contribution is 2.30. The van der Waals surface area contributed by atoms with Crippen molar-refractivity contribution in [3.05, 3.63) is 0 Å². The number of hydrogen-bond donors (Lipinski definition) is 2. The molecule has 4 atom stereocenters. The second-order valence-electron chi connectivity index (χ2n) is 2.64. The van der Waals surface area contributed by atoms with Gasteiger partial charge in [0.2, 0.25) is 0 Å². The maximum Gasteiger partial charge on any atom is 0.133 e. The number of aliphatic hydroxyl groups excluding tert-OH is 2. The molecule has 0 spiro atoms. The van der Waals surface area contributed by atoms with Gasteiger partial charge in [-0.05, 0) is 0 Å². The fourth-order valence-electron chi connectivity index (χ4n) is 1.22. The second kappa shape index (κ2) is 2.75. The van der Waals surface area contributed by atoms with E-state index in [1.807, 2.05) is 0 Å². The Labute approximate surface area is 68.3 Å². The van der Waals surface area contributed by atoms with Gasteiger partial charge in [-0.15, -0.1) is 0 Å². The minimum Gasteiger partial charge on any atom is -0.388 e. The van der Waals surface area contributed by atoms with Gasteiger partial charge in [-0.25, -0.2) is 0 Å². The quantitative estimate of drug-likeness (QED) is 0.506. The molecule has 0 aromatic carbocycles. The van der Waals surface area contributed by atoms with Crippen molar-refractivity contribution in [2.24, 2.45) is 4.99 Å². The lowest BCUT2D eigenvalue weighted by Crippen LogP contribution is -2.49. The third-order valence-corrected chi connectivity index (χ3v) is 2.81. The molecule has 2 aliphatic rings. The molecule has 0 aromatic rings. The molecular formula is C6H9NO3S. The molecule has 2 heterocycles. The molecule has 11 heavy (non-hydrogen) atoms. The minimum atomic E-state index is -0.785. The standard InChI is InChI=1S/C6H9NO3S/c8-3-1-10-6-4(5(3)9)7-2-11-6/h2-6,8-9H,1H2. The highest BCUT2D eigenvalue weighted by molar-refractivity contribution is 8.12. The molecule has 5 heteroatoms. The van der Waals surface area contributed by atoms with Crippen LogP contribution in [0, 0.1) is 0 Å². The zero-order chi connectivity index (χ0) is 7.84. The Bertz CT molecular complexity index is 187. The third-order valence-electron chi connectivity index (χ3n) is 1.88. The molecule has 62 valence electrons. The Balaban J connectivity index is 2.11. The number of fused-ring (bicyclic) bond motifs is 1. The first-order valence-electron chi connectivity index (χ1n) is 3.44. The van der Waals surface area contributed by atoms with Gasteiger partial charge in [-0.2, -0.15) is 0 Å². The lowest BCUT2D eigenvalue weighted by Gasteiger charge is -2.31. The van der Waals surface area contributed by atoms with Crippen molar-refractivity contribution in [2.45, 2.75) is 23.7 Å². The molecule has 2 aliphatic heterocycles. The van der Waals surface area contributed by atoms with Crippen LogP contribution in [-0.4, -0.2) is 46.1 Å². The molecule has 1 fully saturated rings. The highest BCUT2D eigenvalue weighted by Gasteiger charge is 2.40. The average Bonchev–Trinajstić information content (AvgIpc) is 2.45. The van der Waals surface area contributed by atoms with Crippen molar-refractivity contribution >= 4 is 17.3 Å². The van der Waals surface area contributed by atoms with E-state index in [2.05, 4.69) is 4.99 Å². The van der Waals surface area contributed by atoms with Gasteiger partial charge in [0.15, 0.2) is 0 Å². The Kier molecular flexibility index (Phi) is 1.88. The number of nitrogens with zero attached hydrogens (tertiary/aromatic N) is 1. The molecule has 1 saturated heterocycles. The van der Waals surface area contributed by atoms with Crippen LogP contribution in [0.5, 0.6) is 0 Å². The Morgan fingerprint density at radius 3 is 3.18 bits per heavy atom. The van der Waals surface area contributed by atoms with E-state index in [0.29, 0.717) is 0 Å². The van der Waals surface area contributed by atoms with Crippen molar-refractivity contribution in [1.82, 2.24) is 0 Å². The maximum absolute atomic E-state index is 9.39. The van der Waals surface area contributed by atoms with Crippen molar-refractivity contribution in [1.29, 1.82) is 0 Å². The molecule has 0 aliphatic carbocycles. The monoisotopic (exact) mass is 175 g/mol. The fourth-order valence-corrected chi connectivity index (χ4v) is 2.10. The van der Waals surface area contributed by atoms with Crippen molar-refractivity contribution < 1.29 is 14.9 Å². The van der Waals surface area contributed by atoms with Crippen LogP contribution in [-0.2, 0) is 4.74 Å². The smallest absolute Gasteiger partial charge is 0.133 e. The average molecular weight is 175 g/mol. The summed E-state index contributed by atoms with van der Waals surface area (Å²) in [5, 5.41) is 18.6. The summed E-state index contributed by atoms with van der Waals surface area (Å²) in [4.78, 5) is 3.99. The zero-order valence-corrected chi connectivity index (χ0v) is 6.57. The number of ether oxygens (including phenoxy) is 1. The van der Waals surface area contributed by atoms with E-state index in [0.717, 1.165) is 0 Å². The van der Waals surface area contributed by atoms with E-state index >= 15 is 0 Å². The normalized spacial score (nSPS) is 49.3. The van der Waals surface area contributed by atoms with Crippen LogP contribution in [0.1, 0.15) is 0 Å². The summed E-state index contributed by atoms with van der Waals surface area (Å²) in [7, 11) is 0. The van der Waals surface area contributed by atoms with Crippen LogP contribution in [0.25, 0.3) is 0 Å². The molecule has 0 saturated carbocycles. The van der Waals surface area contributed by atoms with E-state index in [1.54, 1.807) is 5.55 Å². The van der Waals surface area contributed by atoms with Crippen molar-refractivity contribution in [3.8, 4) is 0 Å². The van der Waals surface area contributed by atoms with Gasteiger partial charge in [0.05, 0.1) is 12.2 Å². The predicted octanol–water partition coefficient (Wildman–Crippen LogP) is -0.792. The van der Waals surface area contributed by atoms with Crippen LogP contribution in [0.3, 0.4) is 0 Å². The molecule has 2 rings (SSSR count). The van der Waals surface area contributed by atoms with Crippen LogP contribution in [0.15, 0.2) is 4.99 Å². The van der Waals surface area contributed by atoms with Crippen molar-refractivity contribution in [2.75, 3.05) is 6.61 Å². The summed E-state index contributed by atoms with van der Waals surface area (Å²) in [5.74, 6) is 0. The highest BCUT2D eigenvalue weighted by atomic mass is 32.2. The van der Waals surface area contributed by atoms with E-state index in [1.165, 1.54) is 11.8 Å². The van der Waals surface area contributed by atoms with Gasteiger partial charge in [0.25, 0.3) is 0 Å². The zero-order valence-electron chi connectivity index (χ0n) is 5.75. The van der Waals surface area contributed by atoms with Gasteiger partial charge in [0.1, 0.15) is 23.7 Å². The molecule has 0 amide bonds. The maximum atomic E-state index is 9.39. The number of thioether (sulfide) groups is 1. The van der Waals surface area contributed by atoms with Crippen LogP contribution in [0.4, 0.5) is 0 Å². The number of hydrogen-bond acceptors (Lipinski definition) is 5. The lowest BCUT2D eigenvalue weighted by atomic mass is 10.1. The number of rotatable bonds is 0. The van der Waals surface area contributed by atoms with E-state index in [9.17, 15) is 5.11 Å². The fraction of sp³-hybridized carbons (Fsp3) is 0.833. The van der Waals surface area contributed by atoms with Gasteiger partial charge in [-0.3, -0.25) is 4.99 Å². The first kappa shape index (κ1) is 7.54. The first-order valence-corrected chi connectivity index (χ1v) is 4.38. The molecule has 2 N–H and O–H groups in total.